The summed E-state index contributed by atoms with van der Waals surface area (Å²) in [7, 11) is -3.19. The van der Waals surface area contributed by atoms with Gasteiger partial charge in [0.2, 0.25) is 5.91 Å². The van der Waals surface area contributed by atoms with Crippen molar-refractivity contribution >= 4 is 51.1 Å². The second kappa shape index (κ2) is 18.6. The second-order valence-corrected chi connectivity index (χ2v) is 31.0. The Balaban J connectivity index is 2.31. The zero-order valence-electron chi connectivity index (χ0n) is 36.1. The molecule has 6 nitrogen and oxygen atoms in total. The Bertz CT molecular complexity index is 1280. The predicted octanol–water partition coefficient (Wildman–Crippen LogP) is 13.0. The van der Waals surface area contributed by atoms with Crippen LogP contribution in [0.1, 0.15) is 163 Å². The Morgan fingerprint density at radius 3 is 1.65 bits per heavy atom. The fraction of sp³-hybridized carbons (Fsp3) is 0.814. The number of carbonyl (C=O) groups excluding carboxylic acids is 2. The Hall–Kier alpha value is -1.27. The number of allylic oxidation sites excluding steroid dienone is 2. The molecular weight excluding hydrogens is 699 g/mol. The quantitative estimate of drug-likeness (QED) is 0.116. The fourth-order valence-electron chi connectivity index (χ4n) is 10.1. The van der Waals surface area contributed by atoms with Crippen LogP contribution in [0.3, 0.4) is 0 Å². The van der Waals surface area contributed by atoms with E-state index in [-0.39, 0.29) is 29.3 Å². The average molecular weight is 776 g/mol. The van der Waals surface area contributed by atoms with E-state index in [2.05, 4.69) is 116 Å². The minimum absolute atomic E-state index is 0.105. The smallest absolute Gasteiger partial charge is 0.350 e. The average Bonchev–Trinajstić information content (AvgIpc) is 3.48. The van der Waals surface area contributed by atoms with Gasteiger partial charge in [-0.3, -0.25) is 4.79 Å². The lowest BCUT2D eigenvalue weighted by atomic mass is 9.78. The van der Waals surface area contributed by atoms with Crippen molar-refractivity contribution in [3.05, 3.63) is 21.9 Å². The number of anilines is 1. The van der Waals surface area contributed by atoms with Crippen molar-refractivity contribution in [3.63, 3.8) is 0 Å². The van der Waals surface area contributed by atoms with Gasteiger partial charge in [-0.2, -0.15) is 0 Å². The lowest BCUT2D eigenvalue weighted by Gasteiger charge is -2.46. The molecule has 9 heteroatoms. The van der Waals surface area contributed by atoms with E-state index in [1.807, 2.05) is 4.90 Å². The van der Waals surface area contributed by atoms with E-state index >= 15 is 4.79 Å². The lowest BCUT2D eigenvalue weighted by Crippen LogP contribution is -2.56. The molecule has 0 radical (unpaired) electrons. The van der Waals surface area contributed by atoms with E-state index in [0.29, 0.717) is 62.9 Å². The molecule has 298 valence electrons. The number of carbonyl (C=O) groups is 2. The summed E-state index contributed by atoms with van der Waals surface area (Å²) >= 11 is 1.48. The van der Waals surface area contributed by atoms with E-state index in [9.17, 15) is 4.79 Å². The first kappa shape index (κ1) is 45.1. The number of hydrogen-bond donors (Lipinski definition) is 0. The summed E-state index contributed by atoms with van der Waals surface area (Å²) in [5, 5.41) is 0. The summed E-state index contributed by atoms with van der Waals surface area (Å²) in [6.45, 7) is 35.5. The lowest BCUT2D eigenvalue weighted by molar-refractivity contribution is -0.124. The standard InChI is InChI=1S/C43H77NO5SSi2/c1-28(2)51(29(3)4,30(5)6)48-26-37(27-49-52(31(7)8,32(9)10)33(11)12)44(41(45)36-19-17-34(13)18-20-36)38-25-39(50-40(38)42(46)47-16)35-21-23-43(14,15)24-22-35/h21,25,28-34,36-37H,17-20,22-24,26-27H2,1-16H3. The number of esters is 1. The van der Waals surface area contributed by atoms with E-state index in [1.54, 1.807) is 0 Å². The van der Waals surface area contributed by atoms with E-state index in [4.69, 9.17) is 13.6 Å². The third-order valence-electron chi connectivity index (χ3n) is 13.1. The molecule has 0 atom stereocenters. The van der Waals surface area contributed by atoms with Crippen molar-refractivity contribution in [2.75, 3.05) is 25.2 Å². The number of amides is 1. The van der Waals surface area contributed by atoms with Crippen LogP contribution >= 0.6 is 11.3 Å². The molecule has 0 N–H and O–H groups in total. The molecule has 1 aromatic rings. The maximum atomic E-state index is 15.3. The van der Waals surface area contributed by atoms with Crippen LogP contribution in [-0.4, -0.2) is 54.9 Å². The first-order chi connectivity index (χ1) is 24.2. The summed E-state index contributed by atoms with van der Waals surface area (Å²) in [6.07, 6.45) is 9.19. The maximum absolute atomic E-state index is 15.3. The van der Waals surface area contributed by atoms with Crippen molar-refractivity contribution in [1.82, 2.24) is 0 Å². The van der Waals surface area contributed by atoms with Crippen LogP contribution < -0.4 is 4.90 Å². The van der Waals surface area contributed by atoms with Gasteiger partial charge in [-0.15, -0.1) is 11.3 Å². The zero-order valence-corrected chi connectivity index (χ0v) is 38.9. The third-order valence-corrected chi connectivity index (χ3v) is 26.4. The largest absolute Gasteiger partial charge is 0.465 e. The van der Waals surface area contributed by atoms with Crippen molar-refractivity contribution in [1.29, 1.82) is 0 Å². The highest BCUT2D eigenvalue weighted by Gasteiger charge is 2.49. The Morgan fingerprint density at radius 2 is 1.27 bits per heavy atom. The molecule has 1 amide bonds. The molecule has 2 aliphatic carbocycles. The number of methoxy groups -OCH3 is 1. The maximum Gasteiger partial charge on any atom is 0.350 e. The summed E-state index contributed by atoms with van der Waals surface area (Å²) in [5.74, 6) is 0.232. The van der Waals surface area contributed by atoms with Crippen LogP contribution in [0.15, 0.2) is 12.1 Å². The van der Waals surface area contributed by atoms with E-state index in [0.717, 1.165) is 49.8 Å². The van der Waals surface area contributed by atoms with Gasteiger partial charge < -0.3 is 18.5 Å². The highest BCUT2D eigenvalue weighted by molar-refractivity contribution is 7.15. The minimum Gasteiger partial charge on any atom is -0.465 e. The normalized spacial score (nSPS) is 20.2. The van der Waals surface area contributed by atoms with Crippen molar-refractivity contribution in [3.8, 4) is 0 Å². The molecule has 0 bridgehead atoms. The number of hydrogen-bond acceptors (Lipinski definition) is 6. The van der Waals surface area contributed by atoms with Gasteiger partial charge in [0.15, 0.2) is 16.6 Å². The molecule has 0 unspecified atom stereocenters. The molecule has 1 aromatic heterocycles. The van der Waals surface area contributed by atoms with Crippen LogP contribution in [0.5, 0.6) is 0 Å². The van der Waals surface area contributed by atoms with Crippen LogP contribution in [0.25, 0.3) is 5.57 Å². The van der Waals surface area contributed by atoms with Gasteiger partial charge in [0.05, 0.1) is 32.1 Å². The van der Waals surface area contributed by atoms with Gasteiger partial charge in [0.25, 0.3) is 0 Å². The van der Waals surface area contributed by atoms with Gasteiger partial charge in [-0.25, -0.2) is 4.79 Å². The fourth-order valence-corrected chi connectivity index (χ4v) is 22.2. The molecular formula is C43H77NO5SSi2. The van der Waals surface area contributed by atoms with Crippen molar-refractivity contribution in [2.24, 2.45) is 17.3 Å². The van der Waals surface area contributed by atoms with Gasteiger partial charge >= 0.3 is 5.97 Å². The molecule has 2 aliphatic rings. The molecule has 52 heavy (non-hydrogen) atoms. The first-order valence-electron chi connectivity index (χ1n) is 20.7. The summed E-state index contributed by atoms with van der Waals surface area (Å²) < 4.78 is 20.3. The van der Waals surface area contributed by atoms with Crippen LogP contribution in [0, 0.1) is 17.3 Å². The molecule has 1 heterocycles. The summed E-state index contributed by atoms with van der Waals surface area (Å²) in [6, 6.07) is 1.75. The SMILES string of the molecule is COC(=O)c1sc(C2=CCC(C)(C)CC2)cc1N(C(=O)C1CCC(C)CC1)C(CO[Si](C(C)C)(C(C)C)C(C)C)CO[Si](C(C)C)(C(C)C)C(C)C. The van der Waals surface area contributed by atoms with Crippen LogP contribution in [-0.2, 0) is 18.4 Å². The number of ether oxygens (including phenoxy) is 1. The monoisotopic (exact) mass is 776 g/mol. The minimum atomic E-state index is -2.32. The zero-order chi connectivity index (χ0) is 39.3. The Morgan fingerprint density at radius 1 is 0.808 bits per heavy atom. The second-order valence-electron chi connectivity index (χ2n) is 19.0. The van der Waals surface area contributed by atoms with Gasteiger partial charge in [0, 0.05) is 10.8 Å². The number of nitrogens with zero attached hydrogens (tertiary/aromatic N) is 1. The topological polar surface area (TPSA) is 65.1 Å². The molecule has 1 fully saturated rings. The number of rotatable bonds is 17. The first-order valence-corrected chi connectivity index (χ1v) is 25.8. The van der Waals surface area contributed by atoms with Crippen molar-refractivity contribution in [2.45, 2.75) is 188 Å². The van der Waals surface area contributed by atoms with Gasteiger partial charge in [0.1, 0.15) is 4.88 Å². The van der Waals surface area contributed by atoms with Crippen LogP contribution in [0.4, 0.5) is 5.69 Å². The Kier molecular flexibility index (Phi) is 16.1. The third kappa shape index (κ3) is 9.75. The summed E-state index contributed by atoms with van der Waals surface area (Å²) in [4.78, 5) is 32.6. The van der Waals surface area contributed by atoms with E-state index < -0.39 is 16.6 Å². The molecule has 1 saturated carbocycles. The van der Waals surface area contributed by atoms with Crippen molar-refractivity contribution < 1.29 is 23.2 Å². The molecule has 0 spiro atoms. The van der Waals surface area contributed by atoms with E-state index in [1.165, 1.54) is 24.0 Å². The Labute approximate surface area is 325 Å². The predicted molar refractivity (Wildman–Crippen MR) is 228 cm³/mol. The number of thiophene rings is 1. The summed E-state index contributed by atoms with van der Waals surface area (Å²) in [5.41, 5.74) is 4.58. The molecule has 0 saturated heterocycles. The highest BCUT2D eigenvalue weighted by Crippen LogP contribution is 2.47. The molecule has 0 aliphatic heterocycles. The van der Waals surface area contributed by atoms with Crippen LogP contribution in [0.2, 0.25) is 33.2 Å². The highest BCUT2D eigenvalue weighted by atomic mass is 32.1. The van der Waals surface area contributed by atoms with Gasteiger partial charge in [-0.1, -0.05) is 110 Å². The molecule has 3 rings (SSSR count). The van der Waals surface area contributed by atoms with Gasteiger partial charge in [-0.05, 0) is 101 Å². The molecule has 0 aromatic carbocycles.